The Hall–Kier alpha value is -1.35. The summed E-state index contributed by atoms with van der Waals surface area (Å²) in [6, 6.07) is 10.1. The van der Waals surface area contributed by atoms with Gasteiger partial charge in [-0.15, -0.1) is 0 Å². The number of carbonyl (C=O) groups is 1. The van der Waals surface area contributed by atoms with Crippen molar-refractivity contribution in [3.8, 4) is 0 Å². The molecule has 0 radical (unpaired) electrons. The minimum atomic E-state index is -0.275. The first-order chi connectivity index (χ1) is 8.19. The lowest BCUT2D eigenvalue weighted by Gasteiger charge is -2.19. The van der Waals surface area contributed by atoms with Gasteiger partial charge in [-0.2, -0.15) is 0 Å². The number of nitrogens with one attached hydrogen (secondary N) is 1. The highest BCUT2D eigenvalue weighted by atomic mass is 16.5. The second-order valence-corrected chi connectivity index (χ2v) is 4.78. The maximum atomic E-state index is 12.2. The average molecular weight is 233 g/mol. The van der Waals surface area contributed by atoms with Crippen molar-refractivity contribution >= 4 is 5.91 Å². The molecular formula is C14H19NO2. The number of rotatable bonds is 5. The van der Waals surface area contributed by atoms with Crippen LogP contribution in [0, 0.1) is 0 Å². The lowest BCUT2D eigenvalue weighted by atomic mass is 9.95. The SMILES string of the molecule is COC[C@@H](C)NC(=O)C1(c2ccccc2)CC1. The van der Waals surface area contributed by atoms with Gasteiger partial charge in [-0.1, -0.05) is 30.3 Å². The summed E-state index contributed by atoms with van der Waals surface area (Å²) in [4.78, 5) is 12.2. The first-order valence-electron chi connectivity index (χ1n) is 6.04. The molecule has 0 heterocycles. The quantitative estimate of drug-likeness (QED) is 0.843. The summed E-state index contributed by atoms with van der Waals surface area (Å²) in [7, 11) is 1.65. The first-order valence-corrected chi connectivity index (χ1v) is 6.04. The van der Waals surface area contributed by atoms with E-state index in [9.17, 15) is 4.79 Å². The average Bonchev–Trinajstić information content (AvgIpc) is 3.11. The molecular weight excluding hydrogens is 214 g/mol. The van der Waals surface area contributed by atoms with Crippen LogP contribution in [0.1, 0.15) is 25.3 Å². The van der Waals surface area contributed by atoms with Gasteiger partial charge in [0, 0.05) is 13.2 Å². The number of carbonyl (C=O) groups excluding carboxylic acids is 1. The van der Waals surface area contributed by atoms with Crippen LogP contribution in [-0.4, -0.2) is 25.7 Å². The maximum Gasteiger partial charge on any atom is 0.230 e. The van der Waals surface area contributed by atoms with Crippen LogP contribution in [0.5, 0.6) is 0 Å². The third-order valence-electron chi connectivity index (χ3n) is 3.31. The van der Waals surface area contributed by atoms with Gasteiger partial charge in [-0.25, -0.2) is 0 Å². The molecule has 1 N–H and O–H groups in total. The molecule has 1 atom stereocenters. The summed E-state index contributed by atoms with van der Waals surface area (Å²) in [6.45, 7) is 2.51. The fourth-order valence-corrected chi connectivity index (χ4v) is 2.18. The van der Waals surface area contributed by atoms with Crippen LogP contribution in [0.2, 0.25) is 0 Å². The van der Waals surface area contributed by atoms with Crippen LogP contribution in [0.25, 0.3) is 0 Å². The Morgan fingerprint density at radius 2 is 2.06 bits per heavy atom. The lowest BCUT2D eigenvalue weighted by molar-refractivity contribution is -0.124. The fourth-order valence-electron chi connectivity index (χ4n) is 2.18. The van der Waals surface area contributed by atoms with Crippen molar-refractivity contribution in [1.82, 2.24) is 5.32 Å². The smallest absolute Gasteiger partial charge is 0.230 e. The molecule has 0 spiro atoms. The van der Waals surface area contributed by atoms with Gasteiger partial charge in [0.05, 0.1) is 12.0 Å². The van der Waals surface area contributed by atoms with Crippen molar-refractivity contribution < 1.29 is 9.53 Å². The summed E-state index contributed by atoms with van der Waals surface area (Å²) in [6.07, 6.45) is 1.89. The zero-order chi connectivity index (χ0) is 12.3. The van der Waals surface area contributed by atoms with Crippen molar-refractivity contribution in [2.45, 2.75) is 31.2 Å². The molecule has 92 valence electrons. The number of amides is 1. The number of benzene rings is 1. The zero-order valence-corrected chi connectivity index (χ0v) is 10.4. The van der Waals surface area contributed by atoms with Crippen LogP contribution in [0.3, 0.4) is 0 Å². The molecule has 0 aromatic heterocycles. The normalized spacial score (nSPS) is 18.5. The van der Waals surface area contributed by atoms with E-state index in [1.165, 1.54) is 0 Å². The van der Waals surface area contributed by atoms with E-state index in [1.807, 2.05) is 37.3 Å². The van der Waals surface area contributed by atoms with Gasteiger partial charge >= 0.3 is 0 Å². The maximum absolute atomic E-state index is 12.2. The molecule has 3 nitrogen and oxygen atoms in total. The number of ether oxygens (including phenoxy) is 1. The first kappa shape index (κ1) is 12.1. The van der Waals surface area contributed by atoms with Crippen LogP contribution in [0.4, 0.5) is 0 Å². The molecule has 0 bridgehead atoms. The number of hydrogen-bond acceptors (Lipinski definition) is 2. The summed E-state index contributed by atoms with van der Waals surface area (Å²) in [5.41, 5.74) is 0.852. The van der Waals surface area contributed by atoms with Gasteiger partial charge in [0.15, 0.2) is 0 Å². The van der Waals surface area contributed by atoms with Crippen LogP contribution < -0.4 is 5.32 Å². The molecule has 17 heavy (non-hydrogen) atoms. The molecule has 1 aromatic carbocycles. The fraction of sp³-hybridized carbons (Fsp3) is 0.500. The third-order valence-corrected chi connectivity index (χ3v) is 3.31. The van der Waals surface area contributed by atoms with Crippen LogP contribution in [-0.2, 0) is 14.9 Å². The molecule has 0 saturated heterocycles. The predicted molar refractivity (Wildman–Crippen MR) is 66.8 cm³/mol. The molecule has 1 fully saturated rings. The zero-order valence-electron chi connectivity index (χ0n) is 10.4. The minimum absolute atomic E-state index is 0.0636. The highest BCUT2D eigenvalue weighted by molar-refractivity contribution is 5.91. The highest BCUT2D eigenvalue weighted by Gasteiger charge is 2.51. The van der Waals surface area contributed by atoms with Gasteiger partial charge in [-0.05, 0) is 25.3 Å². The van der Waals surface area contributed by atoms with E-state index < -0.39 is 0 Å². The summed E-state index contributed by atoms with van der Waals surface area (Å²) >= 11 is 0. The minimum Gasteiger partial charge on any atom is -0.383 e. The Morgan fingerprint density at radius 1 is 1.41 bits per heavy atom. The molecule has 1 aliphatic carbocycles. The van der Waals surface area contributed by atoms with Crippen LogP contribution in [0.15, 0.2) is 30.3 Å². The van der Waals surface area contributed by atoms with E-state index >= 15 is 0 Å². The van der Waals surface area contributed by atoms with Gasteiger partial charge in [0.2, 0.25) is 5.91 Å². The van der Waals surface area contributed by atoms with Crippen molar-refractivity contribution in [1.29, 1.82) is 0 Å². The second kappa shape index (κ2) is 4.88. The van der Waals surface area contributed by atoms with Crippen molar-refractivity contribution in [3.05, 3.63) is 35.9 Å². The van der Waals surface area contributed by atoms with Gasteiger partial charge in [-0.3, -0.25) is 4.79 Å². The van der Waals surface area contributed by atoms with E-state index in [2.05, 4.69) is 5.32 Å². The molecule has 0 unspecified atom stereocenters. The van der Waals surface area contributed by atoms with Gasteiger partial charge in [0.1, 0.15) is 0 Å². The largest absolute Gasteiger partial charge is 0.383 e. The molecule has 1 aromatic rings. The Morgan fingerprint density at radius 3 is 2.59 bits per heavy atom. The standard InChI is InChI=1S/C14H19NO2/c1-11(10-17-2)15-13(16)14(8-9-14)12-6-4-3-5-7-12/h3-7,11H,8-10H2,1-2H3,(H,15,16)/t11-/m1/s1. The molecule has 1 aliphatic rings. The Labute approximate surface area is 102 Å². The van der Waals surface area contributed by atoms with E-state index in [0.29, 0.717) is 6.61 Å². The monoisotopic (exact) mass is 233 g/mol. The summed E-state index contributed by atoms with van der Waals surface area (Å²) in [5, 5.41) is 3.02. The molecule has 2 rings (SSSR count). The topological polar surface area (TPSA) is 38.3 Å². The molecule has 0 aliphatic heterocycles. The summed E-state index contributed by atoms with van der Waals surface area (Å²) in [5.74, 6) is 0.133. The lowest BCUT2D eigenvalue weighted by Crippen LogP contribution is -2.42. The van der Waals surface area contributed by atoms with Gasteiger partial charge < -0.3 is 10.1 Å². The van der Waals surface area contributed by atoms with Crippen molar-refractivity contribution in [2.75, 3.05) is 13.7 Å². The second-order valence-electron chi connectivity index (χ2n) is 4.78. The molecule has 3 heteroatoms. The number of hydrogen-bond donors (Lipinski definition) is 1. The predicted octanol–water partition coefficient (Wildman–Crippen LogP) is 1.87. The Balaban J connectivity index is 2.04. The Bertz CT molecular complexity index is 384. The molecule has 1 saturated carbocycles. The van der Waals surface area contributed by atoms with E-state index in [0.717, 1.165) is 18.4 Å². The Kier molecular flexibility index (Phi) is 3.48. The highest BCUT2D eigenvalue weighted by Crippen LogP contribution is 2.48. The van der Waals surface area contributed by atoms with Gasteiger partial charge in [0.25, 0.3) is 0 Å². The van der Waals surface area contributed by atoms with Crippen molar-refractivity contribution in [2.24, 2.45) is 0 Å². The summed E-state index contributed by atoms with van der Waals surface area (Å²) < 4.78 is 5.03. The molecule has 1 amide bonds. The van der Waals surface area contributed by atoms with E-state index in [1.54, 1.807) is 7.11 Å². The van der Waals surface area contributed by atoms with Crippen molar-refractivity contribution in [3.63, 3.8) is 0 Å². The number of methoxy groups -OCH3 is 1. The third kappa shape index (κ3) is 2.50. The van der Waals surface area contributed by atoms with E-state index in [4.69, 9.17) is 4.74 Å². The van der Waals surface area contributed by atoms with Crippen LogP contribution >= 0.6 is 0 Å². The van der Waals surface area contributed by atoms with E-state index in [-0.39, 0.29) is 17.4 Å².